The molecule has 0 amide bonds. The van der Waals surface area contributed by atoms with Crippen molar-refractivity contribution in [1.82, 2.24) is 9.97 Å². The molecule has 0 saturated heterocycles. The number of methoxy groups -OCH3 is 3. The number of benzene rings is 2. The van der Waals surface area contributed by atoms with Crippen molar-refractivity contribution in [2.45, 2.75) is 6.29 Å². The van der Waals surface area contributed by atoms with Gasteiger partial charge in [-0.2, -0.15) is 4.98 Å². The molecule has 0 spiro atoms. The van der Waals surface area contributed by atoms with Gasteiger partial charge in [-0.3, -0.25) is 4.90 Å². The minimum atomic E-state index is -0.584. The van der Waals surface area contributed by atoms with Crippen LogP contribution in [0.5, 0.6) is 17.2 Å². The molecule has 0 bridgehead atoms. The summed E-state index contributed by atoms with van der Waals surface area (Å²) in [6.45, 7) is 0. The molecule has 9 nitrogen and oxygen atoms in total. The van der Waals surface area contributed by atoms with Gasteiger partial charge in [-0.1, -0.05) is 23.7 Å². The Labute approximate surface area is 196 Å². The average Bonchev–Trinajstić information content (AvgIpc) is 3.33. The Balaban J connectivity index is 1.50. The maximum Gasteiger partial charge on any atom is 0.268 e. The van der Waals surface area contributed by atoms with Gasteiger partial charge in [-0.25, -0.2) is 4.98 Å². The fourth-order valence-corrected chi connectivity index (χ4v) is 3.43. The SMILES string of the molecule is COc1cc(Nc2nccc(N(C)C3=COC(c4cccc(Cl)c4)O3)n2)cc(OC)c1OC. The molecule has 0 aliphatic carbocycles. The predicted octanol–water partition coefficient (Wildman–Crippen LogP) is 4.88. The Morgan fingerprint density at radius 2 is 1.79 bits per heavy atom. The summed E-state index contributed by atoms with van der Waals surface area (Å²) in [7, 11) is 6.49. The van der Waals surface area contributed by atoms with Gasteiger partial charge in [0.25, 0.3) is 6.29 Å². The number of aromatic nitrogens is 2. The first-order valence-electron chi connectivity index (χ1n) is 9.94. The van der Waals surface area contributed by atoms with Crippen molar-refractivity contribution in [1.29, 1.82) is 0 Å². The fraction of sp³-hybridized carbons (Fsp3) is 0.217. The molecule has 172 valence electrons. The quantitative estimate of drug-likeness (QED) is 0.494. The van der Waals surface area contributed by atoms with E-state index in [1.54, 1.807) is 69.0 Å². The normalized spacial score (nSPS) is 14.6. The molecule has 1 N–H and O–H groups in total. The zero-order valence-electron chi connectivity index (χ0n) is 18.5. The second kappa shape index (κ2) is 9.74. The van der Waals surface area contributed by atoms with Crippen molar-refractivity contribution in [3.63, 3.8) is 0 Å². The highest BCUT2D eigenvalue weighted by atomic mass is 35.5. The van der Waals surface area contributed by atoms with Crippen LogP contribution in [0.4, 0.5) is 17.5 Å². The van der Waals surface area contributed by atoms with E-state index < -0.39 is 6.29 Å². The first kappa shape index (κ1) is 22.3. The third kappa shape index (κ3) is 4.83. The summed E-state index contributed by atoms with van der Waals surface area (Å²) in [6, 6.07) is 12.6. The monoisotopic (exact) mass is 470 g/mol. The molecule has 1 aromatic heterocycles. The summed E-state index contributed by atoms with van der Waals surface area (Å²) < 4.78 is 27.8. The van der Waals surface area contributed by atoms with Crippen molar-refractivity contribution in [2.24, 2.45) is 0 Å². The first-order valence-corrected chi connectivity index (χ1v) is 10.3. The first-order chi connectivity index (χ1) is 16.0. The summed E-state index contributed by atoms with van der Waals surface area (Å²) in [5, 5.41) is 3.77. The van der Waals surface area contributed by atoms with E-state index in [1.165, 1.54) is 0 Å². The van der Waals surface area contributed by atoms with Crippen molar-refractivity contribution in [3.8, 4) is 17.2 Å². The number of nitrogens with one attached hydrogen (secondary N) is 1. The second-order valence-corrected chi connectivity index (χ2v) is 7.37. The lowest BCUT2D eigenvalue weighted by molar-refractivity contribution is -0.0346. The van der Waals surface area contributed by atoms with Gasteiger partial charge in [0.05, 0.1) is 21.3 Å². The molecule has 4 rings (SSSR count). The van der Waals surface area contributed by atoms with E-state index in [2.05, 4.69) is 15.3 Å². The molecule has 2 heterocycles. The summed E-state index contributed by atoms with van der Waals surface area (Å²) in [6.07, 6.45) is 2.60. The average molecular weight is 471 g/mol. The van der Waals surface area contributed by atoms with Gasteiger partial charge in [-0.05, 0) is 18.2 Å². The third-order valence-electron chi connectivity index (χ3n) is 4.88. The summed E-state index contributed by atoms with van der Waals surface area (Å²) >= 11 is 6.07. The van der Waals surface area contributed by atoms with Crippen molar-refractivity contribution < 1.29 is 23.7 Å². The largest absolute Gasteiger partial charge is 0.493 e. The fourth-order valence-electron chi connectivity index (χ4n) is 3.23. The zero-order chi connectivity index (χ0) is 23.4. The molecule has 10 heteroatoms. The molecule has 1 aliphatic heterocycles. The lowest BCUT2D eigenvalue weighted by Gasteiger charge is -2.20. The van der Waals surface area contributed by atoms with Crippen molar-refractivity contribution in [3.05, 3.63) is 71.4 Å². The number of hydrogen-bond acceptors (Lipinski definition) is 9. The summed E-state index contributed by atoms with van der Waals surface area (Å²) in [4.78, 5) is 10.6. The topological polar surface area (TPSA) is 87.2 Å². The molecule has 0 saturated carbocycles. The highest BCUT2D eigenvalue weighted by Crippen LogP contribution is 2.40. The predicted molar refractivity (Wildman–Crippen MR) is 124 cm³/mol. The number of nitrogens with zero attached hydrogens (tertiary/aromatic N) is 3. The summed E-state index contributed by atoms with van der Waals surface area (Å²) in [5.74, 6) is 3.00. The number of anilines is 3. The maximum absolute atomic E-state index is 6.07. The molecule has 0 fully saturated rings. The molecular formula is C23H23ClN4O5. The Morgan fingerprint density at radius 1 is 1.03 bits per heavy atom. The molecule has 2 aromatic carbocycles. The smallest absolute Gasteiger partial charge is 0.268 e. The lowest BCUT2D eigenvalue weighted by Crippen LogP contribution is -2.19. The van der Waals surface area contributed by atoms with E-state index in [-0.39, 0.29) is 0 Å². The zero-order valence-corrected chi connectivity index (χ0v) is 19.3. The highest BCUT2D eigenvalue weighted by Gasteiger charge is 2.25. The molecule has 3 aromatic rings. The van der Waals surface area contributed by atoms with E-state index in [1.807, 2.05) is 19.2 Å². The molecule has 1 unspecified atom stereocenters. The molecule has 33 heavy (non-hydrogen) atoms. The standard InChI is InChI=1S/C23H23ClN4O5/c1-28(20-13-32-22(33-20)14-6-5-7-15(24)10-14)19-8-9-25-23(27-19)26-16-11-17(29-2)21(31-4)18(12-16)30-3/h5-13,22H,1-4H3,(H,25,26,27). The third-order valence-corrected chi connectivity index (χ3v) is 5.11. The maximum atomic E-state index is 6.07. The van der Waals surface area contributed by atoms with Gasteiger partial charge in [0, 0.05) is 41.7 Å². The van der Waals surface area contributed by atoms with Crippen LogP contribution in [0.15, 0.2) is 60.8 Å². The van der Waals surface area contributed by atoms with E-state index in [0.717, 1.165) is 5.56 Å². The second-order valence-electron chi connectivity index (χ2n) is 6.93. The molecule has 1 atom stereocenters. The number of rotatable bonds is 8. The van der Waals surface area contributed by atoms with Crippen molar-refractivity contribution >= 4 is 29.1 Å². The number of halogens is 1. The minimum absolute atomic E-state index is 0.375. The van der Waals surface area contributed by atoms with Crippen LogP contribution in [-0.4, -0.2) is 38.3 Å². The van der Waals surface area contributed by atoms with E-state index >= 15 is 0 Å². The Morgan fingerprint density at radius 3 is 2.45 bits per heavy atom. The molecule has 0 radical (unpaired) electrons. The number of ether oxygens (including phenoxy) is 5. The van der Waals surface area contributed by atoms with Crippen molar-refractivity contribution in [2.75, 3.05) is 38.6 Å². The van der Waals surface area contributed by atoms with Crippen LogP contribution in [0.1, 0.15) is 11.9 Å². The van der Waals surface area contributed by atoms with Gasteiger partial charge in [0.2, 0.25) is 17.6 Å². The van der Waals surface area contributed by atoms with Crippen LogP contribution < -0.4 is 24.4 Å². The van der Waals surface area contributed by atoms with Crippen LogP contribution in [0, 0.1) is 0 Å². The Bertz CT molecular complexity index is 1150. The van der Waals surface area contributed by atoms with Crippen LogP contribution in [-0.2, 0) is 9.47 Å². The van der Waals surface area contributed by atoms with Gasteiger partial charge in [-0.15, -0.1) is 0 Å². The highest BCUT2D eigenvalue weighted by molar-refractivity contribution is 6.30. The van der Waals surface area contributed by atoms with Crippen LogP contribution in [0.2, 0.25) is 5.02 Å². The van der Waals surface area contributed by atoms with Gasteiger partial charge >= 0.3 is 0 Å². The summed E-state index contributed by atoms with van der Waals surface area (Å²) in [5.41, 5.74) is 1.49. The number of hydrogen-bond donors (Lipinski definition) is 1. The van der Waals surface area contributed by atoms with E-state index in [0.29, 0.717) is 45.6 Å². The van der Waals surface area contributed by atoms with E-state index in [4.69, 9.17) is 35.3 Å². The molecule has 1 aliphatic rings. The van der Waals surface area contributed by atoms with Gasteiger partial charge in [0.15, 0.2) is 11.5 Å². The van der Waals surface area contributed by atoms with Gasteiger partial charge in [0.1, 0.15) is 12.1 Å². The van der Waals surface area contributed by atoms with E-state index in [9.17, 15) is 0 Å². The Hall–Kier alpha value is -3.85. The van der Waals surface area contributed by atoms with Crippen LogP contribution in [0.3, 0.4) is 0 Å². The van der Waals surface area contributed by atoms with Crippen LogP contribution in [0.25, 0.3) is 0 Å². The molecular weight excluding hydrogens is 448 g/mol. The minimum Gasteiger partial charge on any atom is -0.493 e. The Kier molecular flexibility index (Phi) is 6.60. The van der Waals surface area contributed by atoms with Gasteiger partial charge < -0.3 is 29.0 Å². The lowest BCUT2D eigenvalue weighted by atomic mass is 10.2. The van der Waals surface area contributed by atoms with Crippen LogP contribution >= 0.6 is 11.6 Å².